The average Bonchev–Trinajstić information content (AvgIpc) is 3.48. The Balaban J connectivity index is 1.06. The number of hydrogen-bond donors (Lipinski definition) is 2. The number of nitrogens with zero attached hydrogens (tertiary/aromatic N) is 2. The van der Waals surface area contributed by atoms with Crippen LogP contribution in [0.3, 0.4) is 0 Å². The summed E-state index contributed by atoms with van der Waals surface area (Å²) in [5, 5.41) is 8.21. The van der Waals surface area contributed by atoms with Crippen molar-refractivity contribution in [3.63, 3.8) is 0 Å². The van der Waals surface area contributed by atoms with Crippen molar-refractivity contribution in [1.29, 1.82) is 0 Å². The Labute approximate surface area is 230 Å². The number of carbonyl (C=O) groups is 2. The molecule has 3 fully saturated rings. The number of carbonyl (C=O) groups excluding carboxylic acids is 2. The number of fused-ring (bicyclic) bond motifs is 3. The number of nitrogens with one attached hydrogen (secondary N) is 2. The molecule has 3 heterocycles. The largest absolute Gasteiger partial charge is 0.335 e. The summed E-state index contributed by atoms with van der Waals surface area (Å²) in [6, 6.07) is 19.1. The summed E-state index contributed by atoms with van der Waals surface area (Å²) < 4.78 is 14.5. The number of benzene rings is 3. The van der Waals surface area contributed by atoms with Crippen LogP contribution in [-0.2, 0) is 11.3 Å². The molecule has 3 amide bonds. The lowest BCUT2D eigenvalue weighted by molar-refractivity contribution is -0.119. The smallest absolute Gasteiger partial charge is 0.318 e. The molecule has 3 saturated heterocycles. The number of amides is 3. The van der Waals surface area contributed by atoms with Gasteiger partial charge in [0.25, 0.3) is 0 Å². The lowest BCUT2D eigenvalue weighted by atomic mass is 9.96. The predicted octanol–water partition coefficient (Wildman–Crippen LogP) is 6.05. The maximum Gasteiger partial charge on any atom is 0.318 e. The fraction of sp³-hybridized carbons (Fsp3) is 0.400. The molecule has 3 atom stereocenters. The first kappa shape index (κ1) is 25.3. The van der Waals surface area contributed by atoms with Crippen molar-refractivity contribution in [3.05, 3.63) is 76.5 Å². The van der Waals surface area contributed by atoms with Gasteiger partial charge in [-0.25, -0.2) is 9.18 Å². The van der Waals surface area contributed by atoms with Gasteiger partial charge in [-0.2, -0.15) is 0 Å². The van der Waals surface area contributed by atoms with Crippen LogP contribution < -0.4 is 10.6 Å². The summed E-state index contributed by atoms with van der Waals surface area (Å²) in [7, 11) is 0. The lowest BCUT2D eigenvalue weighted by Gasteiger charge is -2.40. The molecule has 0 spiro atoms. The maximum atomic E-state index is 13.5. The summed E-state index contributed by atoms with van der Waals surface area (Å²) in [5.74, 6) is -0.342. The first-order chi connectivity index (χ1) is 18.4. The molecule has 0 aromatic heterocycles. The molecule has 3 aromatic rings. The van der Waals surface area contributed by atoms with Crippen LogP contribution in [0.4, 0.5) is 14.9 Å². The van der Waals surface area contributed by atoms with Gasteiger partial charge in [-0.3, -0.25) is 9.69 Å². The highest BCUT2D eigenvalue weighted by Gasteiger charge is 2.42. The van der Waals surface area contributed by atoms with Gasteiger partial charge in [-0.1, -0.05) is 34.1 Å². The van der Waals surface area contributed by atoms with Crippen LogP contribution in [0, 0.1) is 5.82 Å². The van der Waals surface area contributed by atoms with E-state index in [1.807, 2.05) is 36.4 Å². The fourth-order valence-electron chi connectivity index (χ4n) is 6.52. The minimum Gasteiger partial charge on any atom is -0.335 e. The summed E-state index contributed by atoms with van der Waals surface area (Å²) >= 11 is 3.41. The van der Waals surface area contributed by atoms with Crippen molar-refractivity contribution in [1.82, 2.24) is 15.1 Å². The van der Waals surface area contributed by atoms with Gasteiger partial charge in [-0.05, 0) is 97.3 Å². The number of urea groups is 1. The van der Waals surface area contributed by atoms with E-state index < -0.39 is 6.04 Å². The van der Waals surface area contributed by atoms with Crippen LogP contribution in [0.25, 0.3) is 10.8 Å². The van der Waals surface area contributed by atoms with Gasteiger partial charge in [0.15, 0.2) is 0 Å². The van der Waals surface area contributed by atoms with Crippen molar-refractivity contribution in [2.45, 2.75) is 69.2 Å². The Morgan fingerprint density at radius 1 is 0.921 bits per heavy atom. The second kappa shape index (κ2) is 10.7. The highest BCUT2D eigenvalue weighted by Crippen LogP contribution is 2.37. The van der Waals surface area contributed by atoms with E-state index in [-0.39, 0.29) is 23.8 Å². The van der Waals surface area contributed by atoms with Gasteiger partial charge in [0.1, 0.15) is 11.9 Å². The number of hydrogen-bond acceptors (Lipinski definition) is 3. The van der Waals surface area contributed by atoms with Crippen molar-refractivity contribution in [3.8, 4) is 0 Å². The molecule has 0 radical (unpaired) electrons. The summed E-state index contributed by atoms with van der Waals surface area (Å²) in [5.41, 5.74) is 1.97. The first-order valence-corrected chi connectivity index (χ1v) is 14.3. The summed E-state index contributed by atoms with van der Waals surface area (Å²) in [6.07, 6.45) is 5.62. The third-order valence-electron chi connectivity index (χ3n) is 8.37. The molecule has 2 unspecified atom stereocenters. The molecule has 3 aliphatic heterocycles. The first-order valence-electron chi connectivity index (χ1n) is 13.5. The van der Waals surface area contributed by atoms with E-state index in [2.05, 4.69) is 43.6 Å². The van der Waals surface area contributed by atoms with E-state index in [4.69, 9.17) is 0 Å². The number of anilines is 1. The zero-order valence-electron chi connectivity index (χ0n) is 21.2. The predicted molar refractivity (Wildman–Crippen MR) is 150 cm³/mol. The summed E-state index contributed by atoms with van der Waals surface area (Å²) in [4.78, 5) is 30.5. The average molecular weight is 580 g/mol. The minimum absolute atomic E-state index is 0.117. The normalized spacial score (nSPS) is 25.1. The topological polar surface area (TPSA) is 64.7 Å². The van der Waals surface area contributed by atoms with Crippen LogP contribution >= 0.6 is 15.9 Å². The SMILES string of the molecule is O=C(Nc1ccc(Br)cc1)[C@@H]1CCCN1C(=O)NC1CC2CCC(C1)N2Cc1ccc2cc(F)ccc2c1. The standard InChI is InChI=1S/C30H32BrFN4O2/c31-22-6-9-24(10-7-22)33-29(37)28-2-1-13-35(28)30(38)34-25-16-26-11-12-27(17-25)36(26)18-19-3-4-21-15-23(32)8-5-20(21)14-19/h3-10,14-15,25-28H,1-2,11-13,16-18H2,(H,33,37)(H,34,38)/t25?,26?,27?,28-/m0/s1. The number of piperidine rings is 1. The van der Waals surface area contributed by atoms with Gasteiger partial charge in [-0.15, -0.1) is 0 Å². The highest BCUT2D eigenvalue weighted by atomic mass is 79.9. The van der Waals surface area contributed by atoms with Crippen LogP contribution in [0.2, 0.25) is 0 Å². The van der Waals surface area contributed by atoms with E-state index in [1.165, 1.54) is 11.6 Å². The highest BCUT2D eigenvalue weighted by molar-refractivity contribution is 9.10. The van der Waals surface area contributed by atoms with E-state index in [9.17, 15) is 14.0 Å². The van der Waals surface area contributed by atoms with Crippen molar-refractivity contribution < 1.29 is 14.0 Å². The molecule has 6 nitrogen and oxygen atoms in total. The Kier molecular flexibility index (Phi) is 7.10. The monoisotopic (exact) mass is 578 g/mol. The van der Waals surface area contributed by atoms with Crippen molar-refractivity contribution in [2.24, 2.45) is 0 Å². The number of halogens is 2. The van der Waals surface area contributed by atoms with E-state index >= 15 is 0 Å². The van der Waals surface area contributed by atoms with E-state index in [0.29, 0.717) is 25.0 Å². The van der Waals surface area contributed by atoms with Gasteiger partial charge in [0.05, 0.1) is 0 Å². The quantitative estimate of drug-likeness (QED) is 0.387. The van der Waals surface area contributed by atoms with Crippen LogP contribution in [-0.4, -0.2) is 52.5 Å². The molecule has 3 aromatic carbocycles. The molecule has 8 heteroatoms. The Morgan fingerprint density at radius 2 is 1.63 bits per heavy atom. The van der Waals surface area contributed by atoms with Crippen LogP contribution in [0.1, 0.15) is 44.1 Å². The van der Waals surface area contributed by atoms with E-state index in [1.54, 1.807) is 11.0 Å². The minimum atomic E-state index is -0.447. The zero-order valence-corrected chi connectivity index (χ0v) is 22.8. The zero-order chi connectivity index (χ0) is 26.2. The van der Waals surface area contributed by atoms with Gasteiger partial charge >= 0.3 is 6.03 Å². The van der Waals surface area contributed by atoms with Crippen LogP contribution in [0.5, 0.6) is 0 Å². The Morgan fingerprint density at radius 3 is 2.39 bits per heavy atom. The van der Waals surface area contributed by atoms with Gasteiger partial charge < -0.3 is 15.5 Å². The molecule has 3 aliphatic rings. The number of likely N-dealkylation sites (tertiary alicyclic amines) is 1. The Bertz CT molecular complexity index is 1340. The molecule has 2 N–H and O–H groups in total. The fourth-order valence-corrected chi connectivity index (χ4v) is 6.79. The molecule has 2 bridgehead atoms. The number of rotatable bonds is 5. The molecule has 38 heavy (non-hydrogen) atoms. The molecular formula is C30H32BrFN4O2. The van der Waals surface area contributed by atoms with Crippen molar-refractivity contribution in [2.75, 3.05) is 11.9 Å². The third kappa shape index (κ3) is 5.29. The molecule has 0 saturated carbocycles. The van der Waals surface area contributed by atoms with Gasteiger partial charge in [0, 0.05) is 41.4 Å². The molecule has 198 valence electrons. The summed E-state index contributed by atoms with van der Waals surface area (Å²) in [6.45, 7) is 1.47. The van der Waals surface area contributed by atoms with Crippen LogP contribution in [0.15, 0.2) is 65.1 Å². The lowest BCUT2D eigenvalue weighted by Crippen LogP contribution is -2.54. The van der Waals surface area contributed by atoms with E-state index in [0.717, 1.165) is 59.6 Å². The molecule has 0 aliphatic carbocycles. The third-order valence-corrected chi connectivity index (χ3v) is 8.90. The van der Waals surface area contributed by atoms with Crippen molar-refractivity contribution >= 4 is 44.3 Å². The Hall–Kier alpha value is -2.97. The van der Waals surface area contributed by atoms with Gasteiger partial charge in [0.2, 0.25) is 5.91 Å². The second-order valence-electron chi connectivity index (χ2n) is 10.8. The molecule has 6 rings (SSSR count). The second-order valence-corrected chi connectivity index (χ2v) is 11.8. The molecular weight excluding hydrogens is 547 g/mol. The maximum absolute atomic E-state index is 13.5.